The van der Waals surface area contributed by atoms with E-state index < -0.39 is 24.0 Å². The molecule has 4 bridgehead atoms. The zero-order chi connectivity index (χ0) is 43.6. The molecule has 2 aliphatic carbocycles. The minimum Gasteiger partial charge on any atom is -0.497 e. The fourth-order valence-electron chi connectivity index (χ4n) is 12.6. The van der Waals surface area contributed by atoms with Gasteiger partial charge in [-0.05, 0) is 123 Å². The maximum absolute atomic E-state index is 15.2. The van der Waals surface area contributed by atoms with E-state index in [0.29, 0.717) is 46.3 Å². The van der Waals surface area contributed by atoms with Gasteiger partial charge >= 0.3 is 0 Å². The molecule has 6 fully saturated rings. The van der Waals surface area contributed by atoms with E-state index in [-0.39, 0.29) is 23.7 Å². The molecular weight excluding hydrogens is 801 g/mol. The third-order valence-electron chi connectivity index (χ3n) is 16.1. The number of aromatic nitrogens is 2. The van der Waals surface area contributed by atoms with Crippen LogP contribution in [0.15, 0.2) is 97.4 Å². The average molecular weight is 859 g/mol. The van der Waals surface area contributed by atoms with Gasteiger partial charge in [0.05, 0.1) is 60.3 Å². The van der Waals surface area contributed by atoms with Crippen LogP contribution in [0, 0.1) is 35.5 Å². The Morgan fingerprint density at radius 2 is 1.08 bits per heavy atom. The summed E-state index contributed by atoms with van der Waals surface area (Å²) < 4.78 is 26.3. The maximum atomic E-state index is 15.2. The number of piperidine rings is 6. The van der Waals surface area contributed by atoms with Crippen molar-refractivity contribution in [2.45, 2.75) is 76.7 Å². The molecule has 3 aromatic carbocycles. The Hall–Kier alpha value is -5.58. The smallest absolute Gasteiger partial charge is 0.175 e. The molecule has 0 radical (unpaired) electrons. The zero-order valence-corrected chi connectivity index (χ0v) is 37.3. The van der Waals surface area contributed by atoms with Gasteiger partial charge in [0.15, 0.2) is 11.6 Å². The number of benzene rings is 3. The molecule has 6 saturated heterocycles. The van der Waals surface area contributed by atoms with Gasteiger partial charge in [-0.3, -0.25) is 29.4 Å². The van der Waals surface area contributed by atoms with Crippen molar-refractivity contribution in [2.24, 2.45) is 35.5 Å². The van der Waals surface area contributed by atoms with E-state index in [1.165, 1.54) is 12.8 Å². The van der Waals surface area contributed by atoms with Gasteiger partial charge in [0, 0.05) is 47.4 Å². The molecule has 8 aliphatic rings. The van der Waals surface area contributed by atoms with Crippen molar-refractivity contribution in [1.29, 1.82) is 0 Å². The summed E-state index contributed by atoms with van der Waals surface area (Å²) in [4.78, 5) is 45.1. The first kappa shape index (κ1) is 41.1. The lowest BCUT2D eigenvalue weighted by atomic mass is 9.71. The summed E-state index contributed by atoms with van der Waals surface area (Å²) in [6.07, 6.45) is 16.9. The van der Waals surface area contributed by atoms with Gasteiger partial charge in [0.1, 0.15) is 35.2 Å². The molecule has 10 nitrogen and oxygen atoms in total. The summed E-state index contributed by atoms with van der Waals surface area (Å²) in [6.45, 7) is 8.61. The van der Waals surface area contributed by atoms with Gasteiger partial charge in [-0.2, -0.15) is 0 Å². The molecule has 0 spiro atoms. The first-order valence-electron chi connectivity index (χ1n) is 23.6. The number of hydrogen-bond donors (Lipinski definition) is 0. The molecular formula is C54H58N4O6. The predicted octanol–water partition coefficient (Wildman–Crippen LogP) is 10.0. The van der Waals surface area contributed by atoms with Crippen molar-refractivity contribution < 1.29 is 28.5 Å². The lowest BCUT2D eigenvalue weighted by molar-refractivity contribution is -0.0494. The van der Waals surface area contributed by atoms with Gasteiger partial charge < -0.3 is 18.9 Å². The van der Waals surface area contributed by atoms with Gasteiger partial charge in [0.25, 0.3) is 0 Å². The number of methoxy groups -OCH3 is 2. The Labute approximate surface area is 375 Å². The summed E-state index contributed by atoms with van der Waals surface area (Å²) in [5.41, 5.74) is 4.29. The Balaban J connectivity index is 1.07. The van der Waals surface area contributed by atoms with Crippen LogP contribution in [-0.4, -0.2) is 83.8 Å². The fourth-order valence-corrected chi connectivity index (χ4v) is 12.6. The number of fused-ring (bicyclic) bond motifs is 10. The highest BCUT2D eigenvalue weighted by Crippen LogP contribution is 2.50. The molecule has 0 amide bonds. The number of pyridine rings is 2. The van der Waals surface area contributed by atoms with E-state index in [2.05, 4.69) is 35.8 Å². The van der Waals surface area contributed by atoms with Crippen LogP contribution in [0.2, 0.25) is 0 Å². The van der Waals surface area contributed by atoms with Gasteiger partial charge in [-0.15, -0.1) is 0 Å². The number of Topliss-reactive ketones (excluding diaryl/α,β-unsaturated/α-hetero) is 2. The van der Waals surface area contributed by atoms with Crippen molar-refractivity contribution in [1.82, 2.24) is 19.8 Å². The van der Waals surface area contributed by atoms with E-state index in [9.17, 15) is 0 Å². The van der Waals surface area contributed by atoms with Crippen LogP contribution in [0.5, 0.6) is 23.0 Å². The number of ketones is 2. The quantitative estimate of drug-likeness (QED) is 0.121. The zero-order valence-electron chi connectivity index (χ0n) is 37.3. The molecule has 5 aromatic rings. The SMILES string of the molecule is CCC1CN2CCC1CC2C(Oc1ccc(OC(c2ccnc3ccc(OC)cc23)C2CC3CCN2CC3CC)c2c1C(=O)C1C=CC=CC1C2=O)c1ccnc2ccc(OC)cc12. The van der Waals surface area contributed by atoms with E-state index in [4.69, 9.17) is 28.9 Å². The summed E-state index contributed by atoms with van der Waals surface area (Å²) in [6, 6.07) is 19.9. The molecule has 64 heavy (non-hydrogen) atoms. The molecule has 330 valence electrons. The number of hydrogen-bond acceptors (Lipinski definition) is 10. The largest absolute Gasteiger partial charge is 0.497 e. The maximum Gasteiger partial charge on any atom is 0.175 e. The molecule has 12 unspecified atom stereocenters. The lowest BCUT2D eigenvalue weighted by Crippen LogP contribution is -2.56. The van der Waals surface area contributed by atoms with E-state index in [1.807, 2.05) is 85.2 Å². The predicted molar refractivity (Wildman–Crippen MR) is 247 cm³/mol. The first-order chi connectivity index (χ1) is 31.3. The van der Waals surface area contributed by atoms with Gasteiger partial charge in [0.2, 0.25) is 0 Å². The van der Waals surface area contributed by atoms with Crippen LogP contribution in [0.1, 0.15) is 96.4 Å². The highest BCUT2D eigenvalue weighted by molar-refractivity contribution is 6.20. The number of carbonyl (C=O) groups is 2. The molecule has 12 atom stereocenters. The van der Waals surface area contributed by atoms with Crippen molar-refractivity contribution in [2.75, 3.05) is 40.4 Å². The second-order valence-electron chi connectivity index (χ2n) is 19.0. The van der Waals surface area contributed by atoms with Crippen LogP contribution in [0.25, 0.3) is 21.8 Å². The van der Waals surface area contributed by atoms with Crippen LogP contribution in [-0.2, 0) is 0 Å². The number of ether oxygens (including phenoxy) is 4. The summed E-state index contributed by atoms with van der Waals surface area (Å²) in [7, 11) is 3.36. The molecule has 0 saturated carbocycles. The minimum atomic E-state index is -0.634. The normalized spacial score (nSPS) is 29.9. The van der Waals surface area contributed by atoms with E-state index in [0.717, 1.165) is 96.3 Å². The van der Waals surface area contributed by atoms with E-state index >= 15 is 9.59 Å². The average Bonchev–Trinajstić information content (AvgIpc) is 3.36. The van der Waals surface area contributed by atoms with Crippen molar-refractivity contribution in [3.05, 3.63) is 120 Å². The summed E-state index contributed by atoms with van der Waals surface area (Å²) in [5, 5.41) is 1.90. The van der Waals surface area contributed by atoms with Crippen LogP contribution < -0.4 is 18.9 Å². The van der Waals surface area contributed by atoms with E-state index in [1.54, 1.807) is 14.2 Å². The Bertz CT molecular complexity index is 2510. The van der Waals surface area contributed by atoms with Gasteiger partial charge in [-0.25, -0.2) is 0 Å². The molecule has 6 aliphatic heterocycles. The highest BCUT2D eigenvalue weighted by atomic mass is 16.5. The molecule has 8 heterocycles. The number of allylic oxidation sites excluding steroid dienone is 4. The monoisotopic (exact) mass is 858 g/mol. The van der Waals surface area contributed by atoms with Gasteiger partial charge in [-0.1, -0.05) is 51.0 Å². The summed E-state index contributed by atoms with van der Waals surface area (Å²) >= 11 is 0. The standard InChI is InChI=1S/C54H58N4O6/c1-5-31-29-57-23-19-33(31)25-45(57)53(39-17-21-55-43-13-11-35(61-3)27-41(39)43)63-47-15-16-48(50-49(47)51(59)37-9-7-8-10-38(37)52(50)60)64-54(46-26-34-20-24-58(46)30-32(34)6-2)40-18-22-56-44-14-12-36(62-4)28-42(40)44/h7-18,21-22,27-28,31-34,37-38,45-46,53-54H,5-6,19-20,23-26,29-30H2,1-4H3. The van der Waals surface area contributed by atoms with Crippen molar-refractivity contribution in [3.8, 4) is 23.0 Å². The molecule has 0 N–H and O–H groups in total. The third-order valence-corrected chi connectivity index (χ3v) is 16.1. The van der Waals surface area contributed by atoms with Crippen LogP contribution >= 0.6 is 0 Å². The van der Waals surface area contributed by atoms with Crippen LogP contribution in [0.4, 0.5) is 0 Å². The fraction of sp³-hybridized carbons (Fsp3) is 0.444. The highest BCUT2D eigenvalue weighted by Gasteiger charge is 2.49. The molecule has 13 rings (SSSR count). The minimum absolute atomic E-state index is 0.0497. The molecule has 2 aromatic heterocycles. The Morgan fingerprint density at radius 3 is 1.47 bits per heavy atom. The Morgan fingerprint density at radius 1 is 0.625 bits per heavy atom. The Kier molecular flexibility index (Phi) is 10.8. The lowest BCUT2D eigenvalue weighted by Gasteiger charge is -2.52. The number of carbonyl (C=O) groups excluding carboxylic acids is 2. The first-order valence-corrected chi connectivity index (χ1v) is 23.6. The summed E-state index contributed by atoms with van der Waals surface area (Å²) in [5.74, 6) is 3.23. The third kappa shape index (κ3) is 6.90. The second-order valence-corrected chi connectivity index (χ2v) is 19.0. The topological polar surface area (TPSA) is 103 Å². The number of nitrogens with zero attached hydrogens (tertiary/aromatic N) is 4. The number of rotatable bonds is 12. The molecule has 10 heteroatoms. The van der Waals surface area contributed by atoms with Crippen LogP contribution in [0.3, 0.4) is 0 Å². The van der Waals surface area contributed by atoms with Crippen molar-refractivity contribution >= 4 is 33.4 Å². The second kappa shape index (κ2) is 16.8. The van der Waals surface area contributed by atoms with Crippen molar-refractivity contribution in [3.63, 3.8) is 0 Å².